The molecule has 0 heterocycles. The molecular weight excluding hydrogens is 368 g/mol. The van der Waals surface area contributed by atoms with Crippen molar-refractivity contribution in [2.75, 3.05) is 7.11 Å². The van der Waals surface area contributed by atoms with Gasteiger partial charge in [-0.15, -0.1) is 0 Å². The average Bonchev–Trinajstić information content (AvgIpc) is 2.80. The van der Waals surface area contributed by atoms with E-state index in [1.54, 1.807) is 72.8 Å². The van der Waals surface area contributed by atoms with Crippen molar-refractivity contribution < 1.29 is 19.4 Å². The van der Waals surface area contributed by atoms with Crippen molar-refractivity contribution in [3.05, 3.63) is 107 Å². The third-order valence-corrected chi connectivity index (χ3v) is 4.70. The largest absolute Gasteiger partial charge is 0.467 e. The van der Waals surface area contributed by atoms with E-state index in [1.807, 2.05) is 12.1 Å². The van der Waals surface area contributed by atoms with Gasteiger partial charge in [0.15, 0.2) is 5.54 Å². The van der Waals surface area contributed by atoms with Crippen LogP contribution in [-0.4, -0.2) is 24.1 Å². The second-order valence-corrected chi connectivity index (χ2v) is 6.37. The number of hydrogen-bond acceptors (Lipinski definition) is 5. The van der Waals surface area contributed by atoms with E-state index in [1.165, 1.54) is 7.11 Å². The number of carbonyl (C=O) groups is 2. The molecule has 3 rings (SSSR count). The summed E-state index contributed by atoms with van der Waals surface area (Å²) < 4.78 is 5.11. The summed E-state index contributed by atoms with van der Waals surface area (Å²) in [7, 11) is 1.30. The summed E-state index contributed by atoms with van der Waals surface area (Å²) in [5, 5.41) is 9.50. The quantitative estimate of drug-likeness (QED) is 0.426. The fourth-order valence-corrected chi connectivity index (χ4v) is 3.22. The summed E-state index contributed by atoms with van der Waals surface area (Å²) in [6.45, 7) is -0.275. The van der Waals surface area contributed by atoms with E-state index in [-0.39, 0.29) is 6.61 Å². The number of nitrogens with one attached hydrogen (secondary N) is 2. The summed E-state index contributed by atoms with van der Waals surface area (Å²) >= 11 is 0. The molecule has 0 unspecified atom stereocenters. The van der Waals surface area contributed by atoms with Gasteiger partial charge in [0, 0.05) is 5.56 Å². The van der Waals surface area contributed by atoms with Gasteiger partial charge in [-0.3, -0.25) is 10.2 Å². The SMILES string of the molecule is COC(=O)C(NNC(=O)c1ccccc1CO)(c1ccccc1)c1ccccc1. The van der Waals surface area contributed by atoms with E-state index in [2.05, 4.69) is 10.9 Å². The van der Waals surface area contributed by atoms with Crippen LogP contribution >= 0.6 is 0 Å². The molecule has 29 heavy (non-hydrogen) atoms. The van der Waals surface area contributed by atoms with Gasteiger partial charge in [0.05, 0.1) is 13.7 Å². The Hall–Kier alpha value is -3.48. The number of amides is 1. The van der Waals surface area contributed by atoms with Crippen LogP contribution < -0.4 is 10.9 Å². The van der Waals surface area contributed by atoms with Crippen molar-refractivity contribution in [3.8, 4) is 0 Å². The number of hydrazine groups is 1. The summed E-state index contributed by atoms with van der Waals surface area (Å²) in [4.78, 5) is 25.8. The van der Waals surface area contributed by atoms with E-state index in [0.29, 0.717) is 22.3 Å². The average molecular weight is 390 g/mol. The molecule has 0 saturated carbocycles. The van der Waals surface area contributed by atoms with Crippen molar-refractivity contribution >= 4 is 11.9 Å². The highest BCUT2D eigenvalue weighted by Gasteiger charge is 2.44. The monoisotopic (exact) mass is 390 g/mol. The van der Waals surface area contributed by atoms with Crippen LogP contribution in [0.4, 0.5) is 0 Å². The fraction of sp³-hybridized carbons (Fsp3) is 0.130. The van der Waals surface area contributed by atoms with Gasteiger partial charge < -0.3 is 9.84 Å². The van der Waals surface area contributed by atoms with Crippen molar-refractivity contribution in [1.82, 2.24) is 10.9 Å². The molecule has 0 saturated heterocycles. The lowest BCUT2D eigenvalue weighted by molar-refractivity contribution is -0.147. The molecule has 0 radical (unpaired) electrons. The highest BCUT2D eigenvalue weighted by atomic mass is 16.5. The van der Waals surface area contributed by atoms with Crippen molar-refractivity contribution in [2.45, 2.75) is 12.1 Å². The van der Waals surface area contributed by atoms with Gasteiger partial charge in [-0.05, 0) is 22.8 Å². The van der Waals surface area contributed by atoms with E-state index in [4.69, 9.17) is 4.74 Å². The smallest absolute Gasteiger partial charge is 0.337 e. The Kier molecular flexibility index (Phi) is 6.39. The second-order valence-electron chi connectivity index (χ2n) is 6.37. The molecule has 0 aliphatic rings. The molecule has 6 nitrogen and oxygen atoms in total. The number of carbonyl (C=O) groups excluding carboxylic acids is 2. The van der Waals surface area contributed by atoms with Crippen LogP contribution in [0.15, 0.2) is 84.9 Å². The minimum absolute atomic E-state index is 0.275. The molecule has 0 aromatic heterocycles. The van der Waals surface area contributed by atoms with Gasteiger partial charge in [0.2, 0.25) is 0 Å². The Labute approximate surface area is 169 Å². The Morgan fingerprint density at radius 1 is 0.862 bits per heavy atom. The van der Waals surface area contributed by atoms with Gasteiger partial charge in [-0.1, -0.05) is 78.9 Å². The van der Waals surface area contributed by atoms with E-state index < -0.39 is 17.4 Å². The maximum Gasteiger partial charge on any atom is 0.337 e. The topological polar surface area (TPSA) is 87.7 Å². The summed E-state index contributed by atoms with van der Waals surface area (Å²) in [5.74, 6) is -1.06. The van der Waals surface area contributed by atoms with E-state index in [9.17, 15) is 14.7 Å². The molecule has 0 aliphatic heterocycles. The second kappa shape index (κ2) is 9.14. The molecule has 6 heteroatoms. The van der Waals surface area contributed by atoms with Crippen LogP contribution in [0, 0.1) is 0 Å². The highest BCUT2D eigenvalue weighted by molar-refractivity contribution is 5.96. The first-order valence-corrected chi connectivity index (χ1v) is 9.09. The Morgan fingerprint density at radius 3 is 1.90 bits per heavy atom. The standard InChI is InChI=1S/C23H22N2O4/c1-29-22(28)23(18-11-4-2-5-12-18,19-13-6-3-7-14-19)25-24-21(27)20-15-9-8-10-17(20)16-26/h2-15,25-26H,16H2,1H3,(H,24,27). The first-order chi connectivity index (χ1) is 14.1. The van der Waals surface area contributed by atoms with Crippen LogP contribution in [0.3, 0.4) is 0 Å². The molecule has 0 bridgehead atoms. The maximum atomic E-state index is 13.0. The molecule has 0 atom stereocenters. The lowest BCUT2D eigenvalue weighted by Crippen LogP contribution is -2.57. The third kappa shape index (κ3) is 4.03. The van der Waals surface area contributed by atoms with Gasteiger partial charge in [-0.25, -0.2) is 10.2 Å². The number of hydrogen-bond donors (Lipinski definition) is 3. The van der Waals surface area contributed by atoms with Crippen LogP contribution in [0.1, 0.15) is 27.0 Å². The van der Waals surface area contributed by atoms with Gasteiger partial charge in [-0.2, -0.15) is 0 Å². The zero-order valence-corrected chi connectivity index (χ0v) is 16.0. The number of methoxy groups -OCH3 is 1. The number of aliphatic hydroxyl groups is 1. The number of benzene rings is 3. The molecule has 0 spiro atoms. The predicted octanol–water partition coefficient (Wildman–Crippen LogP) is 2.53. The predicted molar refractivity (Wildman–Crippen MR) is 109 cm³/mol. The summed E-state index contributed by atoms with van der Waals surface area (Å²) in [6, 6.07) is 24.7. The zero-order chi connectivity index (χ0) is 20.7. The minimum atomic E-state index is -1.46. The Balaban J connectivity index is 2.04. The molecule has 1 amide bonds. The number of rotatable bonds is 7. The lowest BCUT2D eigenvalue weighted by atomic mass is 9.83. The van der Waals surface area contributed by atoms with E-state index >= 15 is 0 Å². The van der Waals surface area contributed by atoms with Crippen molar-refractivity contribution in [1.29, 1.82) is 0 Å². The molecule has 0 fully saturated rings. The van der Waals surface area contributed by atoms with Crippen LogP contribution in [-0.2, 0) is 21.7 Å². The minimum Gasteiger partial charge on any atom is -0.467 e. The first kappa shape index (κ1) is 20.3. The van der Waals surface area contributed by atoms with E-state index in [0.717, 1.165) is 0 Å². The summed E-state index contributed by atoms with van der Waals surface area (Å²) in [5.41, 5.74) is 6.08. The van der Waals surface area contributed by atoms with Crippen LogP contribution in [0.25, 0.3) is 0 Å². The van der Waals surface area contributed by atoms with Crippen LogP contribution in [0.2, 0.25) is 0 Å². The molecular formula is C23H22N2O4. The Bertz CT molecular complexity index is 935. The normalized spacial score (nSPS) is 11.0. The Morgan fingerprint density at radius 2 is 1.38 bits per heavy atom. The molecule has 3 aromatic carbocycles. The first-order valence-electron chi connectivity index (χ1n) is 9.09. The summed E-state index contributed by atoms with van der Waals surface area (Å²) in [6.07, 6.45) is 0. The zero-order valence-electron chi connectivity index (χ0n) is 16.0. The number of ether oxygens (including phenoxy) is 1. The van der Waals surface area contributed by atoms with Crippen LogP contribution in [0.5, 0.6) is 0 Å². The van der Waals surface area contributed by atoms with Gasteiger partial charge in [0.25, 0.3) is 5.91 Å². The lowest BCUT2D eigenvalue weighted by Gasteiger charge is -2.33. The molecule has 0 aliphatic carbocycles. The number of aliphatic hydroxyl groups excluding tert-OH is 1. The van der Waals surface area contributed by atoms with Crippen molar-refractivity contribution in [3.63, 3.8) is 0 Å². The van der Waals surface area contributed by atoms with Gasteiger partial charge in [0.1, 0.15) is 0 Å². The molecule has 3 aromatic rings. The highest BCUT2D eigenvalue weighted by Crippen LogP contribution is 2.30. The maximum absolute atomic E-state index is 13.0. The van der Waals surface area contributed by atoms with Crippen molar-refractivity contribution in [2.24, 2.45) is 0 Å². The molecule has 3 N–H and O–H groups in total. The van der Waals surface area contributed by atoms with Gasteiger partial charge >= 0.3 is 5.97 Å². The molecule has 148 valence electrons. The number of esters is 1. The fourth-order valence-electron chi connectivity index (χ4n) is 3.22. The third-order valence-electron chi connectivity index (χ3n) is 4.70.